The smallest absolute Gasteiger partial charge is 0.329 e. The highest BCUT2D eigenvalue weighted by Gasteiger charge is 2.40. The van der Waals surface area contributed by atoms with Gasteiger partial charge in [-0.25, -0.2) is 4.79 Å². The van der Waals surface area contributed by atoms with E-state index in [9.17, 15) is 9.90 Å². The van der Waals surface area contributed by atoms with Crippen LogP contribution in [0.25, 0.3) is 0 Å². The maximum absolute atomic E-state index is 11.5. The normalized spacial score (nSPS) is 17.7. The highest BCUT2D eigenvalue weighted by atomic mass is 16.5. The van der Waals surface area contributed by atoms with Crippen molar-refractivity contribution in [2.75, 3.05) is 25.1 Å². The zero-order valence-electron chi connectivity index (χ0n) is 10.8. The zero-order chi connectivity index (χ0) is 13.7. The molecule has 19 heavy (non-hydrogen) atoms. The fourth-order valence-electron chi connectivity index (χ4n) is 1.98. The van der Waals surface area contributed by atoms with Gasteiger partial charge in [-0.1, -0.05) is 0 Å². The number of aromatic nitrogens is 2. The number of rotatable bonds is 5. The monoisotopic (exact) mass is 267 g/mol. The molecule has 0 radical (unpaired) electrons. The first kappa shape index (κ1) is 13.5. The van der Waals surface area contributed by atoms with Crippen LogP contribution in [0.4, 0.5) is 5.82 Å². The van der Waals surface area contributed by atoms with Gasteiger partial charge in [0.2, 0.25) is 5.88 Å². The molecule has 2 N–H and O–H groups in total. The fraction of sp³-hybridized carbons (Fsp3) is 0.583. The predicted molar refractivity (Wildman–Crippen MR) is 67.2 cm³/mol. The maximum Gasteiger partial charge on any atom is 0.329 e. The lowest BCUT2D eigenvalue weighted by Crippen LogP contribution is -2.50. The van der Waals surface area contributed by atoms with E-state index >= 15 is 0 Å². The Balaban J connectivity index is 2.17. The quantitative estimate of drug-likeness (QED) is 0.819. The summed E-state index contributed by atoms with van der Waals surface area (Å²) in [6.07, 6.45) is 3.76. The summed E-state index contributed by atoms with van der Waals surface area (Å²) in [7, 11) is 0. The van der Waals surface area contributed by atoms with Gasteiger partial charge in [-0.3, -0.25) is 4.98 Å². The summed E-state index contributed by atoms with van der Waals surface area (Å²) in [5, 5.41) is 12.4. The van der Waals surface area contributed by atoms with Gasteiger partial charge in [-0.05, 0) is 6.92 Å². The number of hydrogen-bond acceptors (Lipinski definition) is 6. The first-order valence-corrected chi connectivity index (χ1v) is 6.20. The van der Waals surface area contributed by atoms with Crippen molar-refractivity contribution in [3.63, 3.8) is 0 Å². The average Bonchev–Trinajstić information content (AvgIpc) is 2.40. The minimum Gasteiger partial charge on any atom is -0.480 e. The van der Waals surface area contributed by atoms with Crippen LogP contribution in [-0.4, -0.2) is 46.4 Å². The molecule has 1 aliphatic rings. The molecule has 1 saturated heterocycles. The number of nitrogens with zero attached hydrogens (tertiary/aromatic N) is 2. The summed E-state index contributed by atoms with van der Waals surface area (Å²) >= 11 is 0. The highest BCUT2D eigenvalue weighted by Crippen LogP contribution is 2.26. The van der Waals surface area contributed by atoms with E-state index < -0.39 is 11.5 Å². The molecule has 0 saturated carbocycles. The number of carboxylic acid groups (broad SMARTS) is 1. The Morgan fingerprint density at radius 2 is 2.26 bits per heavy atom. The Morgan fingerprint density at radius 3 is 2.89 bits per heavy atom. The Morgan fingerprint density at radius 1 is 1.53 bits per heavy atom. The van der Waals surface area contributed by atoms with Crippen LogP contribution in [0.3, 0.4) is 0 Å². The molecular weight excluding hydrogens is 250 g/mol. The SMILES string of the molecule is CCOc1cncc(NC2(C(=O)O)CCOCC2)n1. The Bertz CT molecular complexity index is 446. The molecule has 1 aliphatic heterocycles. The first-order valence-electron chi connectivity index (χ1n) is 6.20. The number of ether oxygens (including phenoxy) is 2. The number of hydrogen-bond donors (Lipinski definition) is 2. The Hall–Kier alpha value is -1.89. The van der Waals surface area contributed by atoms with Gasteiger partial charge in [-0.15, -0.1) is 0 Å². The molecule has 2 heterocycles. The molecule has 0 atom stereocenters. The number of nitrogens with one attached hydrogen (secondary N) is 1. The third-order valence-electron chi connectivity index (χ3n) is 3.03. The molecule has 0 spiro atoms. The van der Waals surface area contributed by atoms with Crippen LogP contribution < -0.4 is 10.1 Å². The topological polar surface area (TPSA) is 93.6 Å². The van der Waals surface area contributed by atoms with Gasteiger partial charge in [-0.2, -0.15) is 4.98 Å². The summed E-state index contributed by atoms with van der Waals surface area (Å²) in [6.45, 7) is 3.16. The molecule has 1 aromatic heterocycles. The van der Waals surface area contributed by atoms with Crippen LogP contribution in [0, 0.1) is 0 Å². The number of carbonyl (C=O) groups is 1. The highest BCUT2D eigenvalue weighted by molar-refractivity contribution is 5.82. The molecule has 0 aliphatic carbocycles. The number of anilines is 1. The van der Waals surface area contributed by atoms with Gasteiger partial charge in [0.1, 0.15) is 11.4 Å². The van der Waals surface area contributed by atoms with Gasteiger partial charge in [0.15, 0.2) is 0 Å². The van der Waals surface area contributed by atoms with Crippen molar-refractivity contribution < 1.29 is 19.4 Å². The maximum atomic E-state index is 11.5. The van der Waals surface area contributed by atoms with E-state index in [-0.39, 0.29) is 0 Å². The van der Waals surface area contributed by atoms with Gasteiger partial charge >= 0.3 is 5.97 Å². The molecule has 0 aromatic carbocycles. The molecule has 0 amide bonds. The summed E-state index contributed by atoms with van der Waals surface area (Å²) in [4.78, 5) is 19.7. The average molecular weight is 267 g/mol. The van der Waals surface area contributed by atoms with Crippen LogP contribution >= 0.6 is 0 Å². The van der Waals surface area contributed by atoms with Crippen LogP contribution in [0.5, 0.6) is 5.88 Å². The third-order valence-corrected chi connectivity index (χ3v) is 3.03. The lowest BCUT2D eigenvalue weighted by Gasteiger charge is -2.34. The molecule has 0 unspecified atom stereocenters. The van der Waals surface area contributed by atoms with Gasteiger partial charge < -0.3 is 19.9 Å². The van der Waals surface area contributed by atoms with E-state index in [0.29, 0.717) is 44.4 Å². The summed E-state index contributed by atoms with van der Waals surface area (Å²) in [5.74, 6) is -0.130. The fourth-order valence-corrected chi connectivity index (χ4v) is 1.98. The second-order valence-corrected chi connectivity index (χ2v) is 4.30. The van der Waals surface area contributed by atoms with Gasteiger partial charge in [0, 0.05) is 26.1 Å². The summed E-state index contributed by atoms with van der Waals surface area (Å²) in [5.41, 5.74) is -1.04. The van der Waals surface area contributed by atoms with Gasteiger partial charge in [0.05, 0.1) is 19.0 Å². The van der Waals surface area contributed by atoms with Crippen LogP contribution in [0.2, 0.25) is 0 Å². The second-order valence-electron chi connectivity index (χ2n) is 4.30. The van der Waals surface area contributed by atoms with Gasteiger partial charge in [0.25, 0.3) is 0 Å². The standard InChI is InChI=1S/C12H17N3O4/c1-2-19-10-8-13-7-9(14-10)15-12(11(16)17)3-5-18-6-4-12/h7-8H,2-6H2,1H3,(H,14,15)(H,16,17). The van der Waals surface area contributed by atoms with E-state index in [1.807, 2.05) is 6.92 Å². The van der Waals surface area contributed by atoms with Crippen molar-refractivity contribution >= 4 is 11.8 Å². The molecular formula is C12H17N3O4. The van der Waals surface area contributed by atoms with Crippen molar-refractivity contribution in [3.05, 3.63) is 12.4 Å². The molecule has 0 bridgehead atoms. The lowest BCUT2D eigenvalue weighted by atomic mass is 9.90. The second kappa shape index (κ2) is 5.83. The number of aliphatic carboxylic acids is 1. The summed E-state index contributed by atoms with van der Waals surface area (Å²) in [6, 6.07) is 0. The molecule has 2 rings (SSSR count). The zero-order valence-corrected chi connectivity index (χ0v) is 10.8. The van der Waals surface area contributed by atoms with E-state index in [1.54, 1.807) is 0 Å². The Kier molecular flexibility index (Phi) is 4.16. The molecule has 1 aromatic rings. The molecule has 1 fully saturated rings. The predicted octanol–water partition coefficient (Wildman–Crippen LogP) is 0.921. The molecule has 104 valence electrons. The largest absolute Gasteiger partial charge is 0.480 e. The first-order chi connectivity index (χ1) is 9.16. The van der Waals surface area contributed by atoms with Crippen molar-refractivity contribution in [1.82, 2.24) is 9.97 Å². The van der Waals surface area contributed by atoms with Crippen molar-refractivity contribution in [1.29, 1.82) is 0 Å². The minimum absolute atomic E-state index is 0.375. The molecule has 7 nitrogen and oxygen atoms in total. The van der Waals surface area contributed by atoms with Crippen LogP contribution in [0.1, 0.15) is 19.8 Å². The third kappa shape index (κ3) is 3.11. The number of carboxylic acids is 1. The van der Waals surface area contributed by atoms with Crippen LogP contribution in [-0.2, 0) is 9.53 Å². The van der Waals surface area contributed by atoms with Crippen molar-refractivity contribution in [3.8, 4) is 5.88 Å². The Labute approximate surface area is 111 Å². The summed E-state index contributed by atoms with van der Waals surface area (Å²) < 4.78 is 10.5. The lowest BCUT2D eigenvalue weighted by molar-refractivity contribution is -0.145. The van der Waals surface area contributed by atoms with Crippen molar-refractivity contribution in [2.24, 2.45) is 0 Å². The van der Waals surface area contributed by atoms with E-state index in [1.165, 1.54) is 12.4 Å². The van der Waals surface area contributed by atoms with E-state index in [2.05, 4.69) is 15.3 Å². The minimum atomic E-state index is -1.04. The van der Waals surface area contributed by atoms with Crippen molar-refractivity contribution in [2.45, 2.75) is 25.3 Å². The molecule has 7 heteroatoms. The van der Waals surface area contributed by atoms with Crippen LogP contribution in [0.15, 0.2) is 12.4 Å². The van der Waals surface area contributed by atoms with E-state index in [4.69, 9.17) is 9.47 Å². The van der Waals surface area contributed by atoms with E-state index in [0.717, 1.165) is 0 Å².